The highest BCUT2D eigenvalue weighted by atomic mass is 16.5. The third-order valence-electron chi connectivity index (χ3n) is 4.29. The number of hydrogen-bond acceptors (Lipinski definition) is 5. The van der Waals surface area contributed by atoms with Crippen molar-refractivity contribution in [1.82, 2.24) is 19.8 Å². The van der Waals surface area contributed by atoms with Crippen LogP contribution in [0.3, 0.4) is 0 Å². The Morgan fingerprint density at radius 2 is 2.17 bits per heavy atom. The summed E-state index contributed by atoms with van der Waals surface area (Å²) in [7, 11) is 1.43. The van der Waals surface area contributed by atoms with Gasteiger partial charge < -0.3 is 14.6 Å². The zero-order valence-electron chi connectivity index (χ0n) is 14.1. The minimum absolute atomic E-state index is 0.0370. The standard InChI is InChI=1S/C16H26N4O3/c1-4-20-11-17-7-15(20)10-19-8-13(16(22)23-3)5-6-14(9-19)18-12(2)21/h7,11,13-14H,4-6,8-10H2,1-3H3,(H,18,21)/t13-,14+/m0/s1. The molecule has 1 N–H and O–H groups in total. The Balaban J connectivity index is 2.11. The number of rotatable bonds is 5. The number of methoxy groups -OCH3 is 1. The van der Waals surface area contributed by atoms with Gasteiger partial charge in [0, 0.05) is 45.3 Å². The lowest BCUT2D eigenvalue weighted by atomic mass is 10.0. The molecule has 0 radical (unpaired) electrons. The van der Waals surface area contributed by atoms with Crippen LogP contribution in [0.25, 0.3) is 0 Å². The van der Waals surface area contributed by atoms with Crippen LogP contribution in [-0.2, 0) is 27.4 Å². The highest BCUT2D eigenvalue weighted by molar-refractivity contribution is 5.73. The quantitative estimate of drug-likeness (QED) is 0.811. The normalized spacial score (nSPS) is 22.4. The van der Waals surface area contributed by atoms with Crippen LogP contribution in [0.5, 0.6) is 0 Å². The molecular weight excluding hydrogens is 296 g/mol. The van der Waals surface area contributed by atoms with Gasteiger partial charge in [0.25, 0.3) is 0 Å². The molecule has 2 atom stereocenters. The predicted molar refractivity (Wildman–Crippen MR) is 85.5 cm³/mol. The van der Waals surface area contributed by atoms with Gasteiger partial charge in [0.15, 0.2) is 0 Å². The highest BCUT2D eigenvalue weighted by Gasteiger charge is 2.29. The summed E-state index contributed by atoms with van der Waals surface area (Å²) in [6.45, 7) is 6.53. The molecule has 1 aromatic rings. The molecule has 1 saturated heterocycles. The lowest BCUT2D eigenvalue weighted by Gasteiger charge is -2.26. The number of carbonyl (C=O) groups excluding carboxylic acids is 2. The summed E-state index contributed by atoms with van der Waals surface area (Å²) in [5.41, 5.74) is 1.11. The van der Waals surface area contributed by atoms with E-state index in [2.05, 4.69) is 26.7 Å². The van der Waals surface area contributed by atoms with Crippen molar-refractivity contribution in [3.05, 3.63) is 18.2 Å². The molecule has 0 aliphatic carbocycles. The van der Waals surface area contributed by atoms with Crippen LogP contribution in [0.15, 0.2) is 12.5 Å². The fourth-order valence-corrected chi connectivity index (χ4v) is 3.17. The molecule has 1 aliphatic rings. The topological polar surface area (TPSA) is 76.5 Å². The molecule has 0 spiro atoms. The van der Waals surface area contributed by atoms with E-state index in [-0.39, 0.29) is 23.8 Å². The van der Waals surface area contributed by atoms with Crippen LogP contribution >= 0.6 is 0 Å². The molecule has 2 heterocycles. The molecule has 0 saturated carbocycles. The van der Waals surface area contributed by atoms with Gasteiger partial charge >= 0.3 is 5.97 Å². The van der Waals surface area contributed by atoms with Crippen LogP contribution in [0.4, 0.5) is 0 Å². The third kappa shape index (κ3) is 4.79. The van der Waals surface area contributed by atoms with Gasteiger partial charge in [-0.1, -0.05) is 0 Å². The summed E-state index contributed by atoms with van der Waals surface area (Å²) >= 11 is 0. The molecule has 0 bridgehead atoms. The second kappa shape index (κ2) is 8.10. The number of likely N-dealkylation sites (tertiary alicyclic amines) is 1. The molecule has 0 unspecified atom stereocenters. The second-order valence-electron chi connectivity index (χ2n) is 6.06. The molecule has 2 rings (SSSR count). The maximum Gasteiger partial charge on any atom is 0.309 e. The Hall–Kier alpha value is -1.89. The third-order valence-corrected chi connectivity index (χ3v) is 4.29. The lowest BCUT2D eigenvalue weighted by Crippen LogP contribution is -2.42. The van der Waals surface area contributed by atoms with Gasteiger partial charge in [0.05, 0.1) is 25.0 Å². The first kappa shape index (κ1) is 17.5. The number of hydrogen-bond donors (Lipinski definition) is 1. The van der Waals surface area contributed by atoms with Crippen molar-refractivity contribution in [3.63, 3.8) is 0 Å². The fourth-order valence-electron chi connectivity index (χ4n) is 3.17. The van der Waals surface area contributed by atoms with Gasteiger partial charge in [-0.05, 0) is 19.8 Å². The first-order valence-electron chi connectivity index (χ1n) is 8.09. The summed E-state index contributed by atoms with van der Waals surface area (Å²) in [5.74, 6) is -0.371. The molecule has 1 amide bonds. The Bertz CT molecular complexity index is 543. The number of esters is 1. The lowest BCUT2D eigenvalue weighted by molar-refractivity contribution is -0.146. The molecule has 128 valence electrons. The van der Waals surface area contributed by atoms with Crippen molar-refractivity contribution in [1.29, 1.82) is 0 Å². The minimum Gasteiger partial charge on any atom is -0.469 e. The Labute approximate surface area is 137 Å². The van der Waals surface area contributed by atoms with Crippen LogP contribution in [-0.4, -0.2) is 52.6 Å². The number of imidazole rings is 1. The number of aromatic nitrogens is 2. The summed E-state index contributed by atoms with van der Waals surface area (Å²) < 4.78 is 7.01. The summed E-state index contributed by atoms with van der Waals surface area (Å²) in [6.07, 6.45) is 5.18. The number of amides is 1. The molecular formula is C16H26N4O3. The summed E-state index contributed by atoms with van der Waals surface area (Å²) in [6, 6.07) is 0.0557. The van der Waals surface area contributed by atoms with Gasteiger partial charge in [-0.2, -0.15) is 0 Å². The summed E-state index contributed by atoms with van der Waals surface area (Å²) in [4.78, 5) is 29.8. The van der Waals surface area contributed by atoms with E-state index in [9.17, 15) is 9.59 Å². The number of aryl methyl sites for hydroxylation is 1. The van der Waals surface area contributed by atoms with E-state index in [0.29, 0.717) is 13.1 Å². The van der Waals surface area contributed by atoms with E-state index in [1.54, 1.807) is 0 Å². The molecule has 0 aromatic carbocycles. The Morgan fingerprint density at radius 3 is 2.83 bits per heavy atom. The van der Waals surface area contributed by atoms with Crippen molar-refractivity contribution in [3.8, 4) is 0 Å². The van der Waals surface area contributed by atoms with E-state index in [1.807, 2.05) is 12.5 Å². The maximum absolute atomic E-state index is 12.0. The first-order valence-corrected chi connectivity index (χ1v) is 8.09. The number of nitrogens with zero attached hydrogens (tertiary/aromatic N) is 3. The predicted octanol–water partition coefficient (Wildman–Crippen LogP) is 0.793. The van der Waals surface area contributed by atoms with E-state index >= 15 is 0 Å². The van der Waals surface area contributed by atoms with Crippen molar-refractivity contribution in [2.45, 2.75) is 45.8 Å². The molecule has 1 fully saturated rings. The van der Waals surface area contributed by atoms with Gasteiger partial charge in [0.1, 0.15) is 0 Å². The van der Waals surface area contributed by atoms with Crippen molar-refractivity contribution in [2.75, 3.05) is 20.2 Å². The van der Waals surface area contributed by atoms with E-state index in [0.717, 1.165) is 31.6 Å². The van der Waals surface area contributed by atoms with E-state index < -0.39 is 0 Å². The molecule has 7 heteroatoms. The average Bonchev–Trinajstić information content (AvgIpc) is 2.86. The maximum atomic E-state index is 12.0. The van der Waals surface area contributed by atoms with E-state index in [1.165, 1.54) is 14.0 Å². The van der Waals surface area contributed by atoms with Gasteiger partial charge in [0.2, 0.25) is 5.91 Å². The van der Waals surface area contributed by atoms with Crippen LogP contribution in [0, 0.1) is 5.92 Å². The molecule has 7 nitrogen and oxygen atoms in total. The van der Waals surface area contributed by atoms with Crippen molar-refractivity contribution < 1.29 is 14.3 Å². The number of carbonyl (C=O) groups is 2. The minimum atomic E-state index is -0.178. The fraction of sp³-hybridized carbons (Fsp3) is 0.688. The zero-order chi connectivity index (χ0) is 16.8. The Kier molecular flexibility index (Phi) is 6.15. The second-order valence-corrected chi connectivity index (χ2v) is 6.06. The average molecular weight is 322 g/mol. The highest BCUT2D eigenvalue weighted by Crippen LogP contribution is 2.20. The van der Waals surface area contributed by atoms with Crippen molar-refractivity contribution in [2.24, 2.45) is 5.92 Å². The van der Waals surface area contributed by atoms with Crippen LogP contribution in [0.2, 0.25) is 0 Å². The number of ether oxygens (including phenoxy) is 1. The van der Waals surface area contributed by atoms with Crippen LogP contribution in [0.1, 0.15) is 32.4 Å². The van der Waals surface area contributed by atoms with E-state index in [4.69, 9.17) is 4.74 Å². The summed E-state index contributed by atoms with van der Waals surface area (Å²) in [5, 5.41) is 2.98. The molecule has 23 heavy (non-hydrogen) atoms. The number of nitrogens with one attached hydrogen (secondary N) is 1. The Morgan fingerprint density at radius 1 is 1.39 bits per heavy atom. The largest absolute Gasteiger partial charge is 0.469 e. The van der Waals surface area contributed by atoms with Crippen LogP contribution < -0.4 is 5.32 Å². The zero-order valence-corrected chi connectivity index (χ0v) is 14.1. The monoisotopic (exact) mass is 322 g/mol. The first-order chi connectivity index (χ1) is 11.0. The smallest absolute Gasteiger partial charge is 0.309 e. The van der Waals surface area contributed by atoms with Crippen molar-refractivity contribution >= 4 is 11.9 Å². The van der Waals surface area contributed by atoms with Gasteiger partial charge in [-0.15, -0.1) is 0 Å². The molecule has 1 aliphatic heterocycles. The SMILES string of the molecule is CCn1cncc1CN1C[C@H](NC(C)=O)CC[C@H](C(=O)OC)C1. The van der Waals surface area contributed by atoms with Gasteiger partial charge in [-0.3, -0.25) is 14.5 Å². The molecule has 1 aromatic heterocycles. The van der Waals surface area contributed by atoms with Gasteiger partial charge in [-0.25, -0.2) is 4.98 Å².